The Hall–Kier alpha value is -3.55. The molecule has 1 heterocycles. The van der Waals surface area contributed by atoms with Crippen LogP contribution in [0.4, 0.5) is 0 Å². The largest absolute Gasteiger partial charge is 0.466 e. The Morgan fingerprint density at radius 2 is 1.83 bits per heavy atom. The number of aromatic nitrogens is 4. The number of benzene rings is 2. The highest BCUT2D eigenvalue weighted by atomic mass is 16.5. The number of amides is 1. The van der Waals surface area contributed by atoms with E-state index in [0.717, 1.165) is 60.8 Å². The standard InChI is InChI=1S/C28H35N5O3/c1-3-5-13-25(34)33(20-28(16-9-10-17-28)27(35)36-4-2)19-21-14-15-23(22-11-7-6-8-12-22)24(18-21)26-29-31-32-30-26/h6-8,11-12,14-15,18H,3-5,9-10,13,16-17,19-20H2,1-2H3,(H,29,30,31,32). The lowest BCUT2D eigenvalue weighted by atomic mass is 9.85. The lowest BCUT2D eigenvalue weighted by molar-refractivity contribution is -0.157. The molecule has 36 heavy (non-hydrogen) atoms. The molecule has 1 amide bonds. The van der Waals surface area contributed by atoms with E-state index in [4.69, 9.17) is 4.74 Å². The Kier molecular flexibility index (Phi) is 8.46. The molecular formula is C28H35N5O3. The van der Waals surface area contributed by atoms with Crippen molar-refractivity contribution < 1.29 is 14.3 Å². The highest BCUT2D eigenvalue weighted by molar-refractivity contribution is 5.82. The van der Waals surface area contributed by atoms with Gasteiger partial charge in [-0.15, -0.1) is 10.2 Å². The quantitative estimate of drug-likeness (QED) is 0.373. The molecule has 8 heteroatoms. The van der Waals surface area contributed by atoms with Gasteiger partial charge in [-0.05, 0) is 54.2 Å². The first kappa shape index (κ1) is 25.5. The van der Waals surface area contributed by atoms with Gasteiger partial charge in [0.05, 0.1) is 12.0 Å². The van der Waals surface area contributed by atoms with Crippen LogP contribution in [0.5, 0.6) is 0 Å². The minimum atomic E-state index is -0.627. The van der Waals surface area contributed by atoms with Gasteiger partial charge in [0.15, 0.2) is 0 Å². The van der Waals surface area contributed by atoms with E-state index in [-0.39, 0.29) is 11.9 Å². The molecule has 0 unspecified atom stereocenters. The third-order valence-corrected chi connectivity index (χ3v) is 6.99. The van der Waals surface area contributed by atoms with Gasteiger partial charge in [-0.3, -0.25) is 9.59 Å². The van der Waals surface area contributed by atoms with Crippen molar-refractivity contribution in [3.63, 3.8) is 0 Å². The van der Waals surface area contributed by atoms with Gasteiger partial charge in [0.25, 0.3) is 0 Å². The molecule has 3 aromatic rings. The van der Waals surface area contributed by atoms with Crippen LogP contribution in [0.25, 0.3) is 22.5 Å². The SMILES string of the molecule is CCCCC(=O)N(Cc1ccc(-c2ccccc2)c(-c2nn[nH]n2)c1)CC1(C(=O)OCC)CCCC1. The Morgan fingerprint density at radius 1 is 1.06 bits per heavy atom. The maximum absolute atomic E-state index is 13.4. The number of nitrogens with one attached hydrogen (secondary N) is 1. The number of esters is 1. The number of carbonyl (C=O) groups excluding carboxylic acids is 2. The lowest BCUT2D eigenvalue weighted by Gasteiger charge is -2.34. The minimum Gasteiger partial charge on any atom is -0.466 e. The fourth-order valence-electron chi connectivity index (χ4n) is 5.09. The predicted octanol–water partition coefficient (Wildman–Crippen LogP) is 5.18. The normalized spacial score (nSPS) is 14.5. The van der Waals surface area contributed by atoms with Crippen molar-refractivity contribution in [2.24, 2.45) is 5.41 Å². The number of hydrogen-bond donors (Lipinski definition) is 1. The molecule has 1 fully saturated rings. The zero-order chi connectivity index (χ0) is 25.4. The van der Waals surface area contributed by atoms with Gasteiger partial charge in [-0.25, -0.2) is 0 Å². The second-order valence-corrected chi connectivity index (χ2v) is 9.54. The number of carbonyl (C=O) groups is 2. The van der Waals surface area contributed by atoms with E-state index in [0.29, 0.717) is 31.9 Å². The zero-order valence-electron chi connectivity index (χ0n) is 21.2. The van der Waals surface area contributed by atoms with Crippen molar-refractivity contribution in [2.75, 3.05) is 13.2 Å². The molecule has 0 saturated heterocycles. The smallest absolute Gasteiger partial charge is 0.313 e. The molecule has 0 bridgehead atoms. The van der Waals surface area contributed by atoms with Crippen molar-refractivity contribution in [3.8, 4) is 22.5 Å². The maximum Gasteiger partial charge on any atom is 0.313 e. The van der Waals surface area contributed by atoms with Crippen LogP contribution in [0, 0.1) is 5.41 Å². The van der Waals surface area contributed by atoms with E-state index >= 15 is 0 Å². The van der Waals surface area contributed by atoms with Crippen molar-refractivity contribution in [2.45, 2.75) is 65.3 Å². The molecule has 1 aromatic heterocycles. The molecule has 0 spiro atoms. The fraction of sp³-hybridized carbons (Fsp3) is 0.464. The molecule has 0 aliphatic heterocycles. The van der Waals surface area contributed by atoms with Crippen molar-refractivity contribution in [1.82, 2.24) is 25.5 Å². The second kappa shape index (κ2) is 11.9. The third kappa shape index (κ3) is 5.80. The number of hydrogen-bond acceptors (Lipinski definition) is 6. The van der Waals surface area contributed by atoms with Crippen molar-refractivity contribution in [3.05, 3.63) is 54.1 Å². The van der Waals surface area contributed by atoms with Crippen LogP contribution in [-0.2, 0) is 20.9 Å². The summed E-state index contributed by atoms with van der Waals surface area (Å²) in [5.74, 6) is 0.390. The molecular weight excluding hydrogens is 454 g/mol. The number of tetrazole rings is 1. The number of H-pyrrole nitrogens is 1. The van der Waals surface area contributed by atoms with Crippen LogP contribution >= 0.6 is 0 Å². The van der Waals surface area contributed by atoms with E-state index in [1.165, 1.54) is 0 Å². The number of unbranched alkanes of at least 4 members (excludes halogenated alkanes) is 1. The maximum atomic E-state index is 13.4. The van der Waals surface area contributed by atoms with Gasteiger partial charge in [0.1, 0.15) is 0 Å². The number of nitrogens with zero attached hydrogens (tertiary/aromatic N) is 4. The average molecular weight is 490 g/mol. The summed E-state index contributed by atoms with van der Waals surface area (Å²) < 4.78 is 5.47. The molecule has 2 aromatic carbocycles. The molecule has 1 aliphatic carbocycles. The number of ether oxygens (including phenoxy) is 1. The topological polar surface area (TPSA) is 101 Å². The van der Waals surface area contributed by atoms with Gasteiger partial charge >= 0.3 is 5.97 Å². The van der Waals surface area contributed by atoms with Gasteiger partial charge in [-0.1, -0.05) is 68.7 Å². The summed E-state index contributed by atoms with van der Waals surface area (Å²) in [7, 11) is 0. The van der Waals surface area contributed by atoms with Gasteiger partial charge in [0, 0.05) is 25.1 Å². The van der Waals surface area contributed by atoms with E-state index < -0.39 is 5.41 Å². The summed E-state index contributed by atoms with van der Waals surface area (Å²) in [6.45, 7) is 5.04. The van der Waals surface area contributed by atoms with Gasteiger partial charge in [-0.2, -0.15) is 5.21 Å². The zero-order valence-corrected chi connectivity index (χ0v) is 21.2. The first-order valence-electron chi connectivity index (χ1n) is 12.9. The highest BCUT2D eigenvalue weighted by Gasteiger charge is 2.44. The summed E-state index contributed by atoms with van der Waals surface area (Å²) in [6, 6.07) is 16.2. The molecule has 0 radical (unpaired) electrons. The third-order valence-electron chi connectivity index (χ3n) is 6.99. The predicted molar refractivity (Wildman–Crippen MR) is 138 cm³/mol. The Labute approximate surface area is 212 Å². The first-order chi connectivity index (χ1) is 17.6. The van der Waals surface area contributed by atoms with Crippen LogP contribution in [0.15, 0.2) is 48.5 Å². The van der Waals surface area contributed by atoms with Crippen LogP contribution in [-0.4, -0.2) is 50.6 Å². The van der Waals surface area contributed by atoms with Crippen LogP contribution in [0.1, 0.15) is 64.4 Å². The van der Waals surface area contributed by atoms with Crippen molar-refractivity contribution in [1.29, 1.82) is 0 Å². The number of rotatable bonds is 11. The lowest BCUT2D eigenvalue weighted by Crippen LogP contribution is -2.44. The molecule has 4 rings (SSSR count). The van der Waals surface area contributed by atoms with Gasteiger partial charge in [0.2, 0.25) is 11.7 Å². The van der Waals surface area contributed by atoms with Crippen LogP contribution in [0.2, 0.25) is 0 Å². The monoisotopic (exact) mass is 489 g/mol. The molecule has 190 valence electrons. The van der Waals surface area contributed by atoms with E-state index in [1.807, 2.05) is 60.4 Å². The minimum absolute atomic E-state index is 0.0701. The summed E-state index contributed by atoms with van der Waals surface area (Å²) >= 11 is 0. The summed E-state index contributed by atoms with van der Waals surface area (Å²) in [5, 5.41) is 14.7. The molecule has 1 saturated carbocycles. The molecule has 0 atom stereocenters. The average Bonchev–Trinajstić information content (AvgIpc) is 3.61. The molecule has 1 aliphatic rings. The summed E-state index contributed by atoms with van der Waals surface area (Å²) in [5.41, 5.74) is 3.21. The fourth-order valence-corrected chi connectivity index (χ4v) is 5.09. The van der Waals surface area contributed by atoms with E-state index in [1.54, 1.807) is 0 Å². The van der Waals surface area contributed by atoms with Crippen LogP contribution in [0.3, 0.4) is 0 Å². The van der Waals surface area contributed by atoms with Gasteiger partial charge < -0.3 is 9.64 Å². The van der Waals surface area contributed by atoms with E-state index in [9.17, 15) is 9.59 Å². The first-order valence-corrected chi connectivity index (χ1v) is 12.9. The number of aromatic amines is 1. The Balaban J connectivity index is 1.67. The van der Waals surface area contributed by atoms with Crippen LogP contribution < -0.4 is 0 Å². The Morgan fingerprint density at radius 3 is 2.50 bits per heavy atom. The van der Waals surface area contributed by atoms with Crippen molar-refractivity contribution >= 4 is 11.9 Å². The Bertz CT molecular complexity index is 1140. The second-order valence-electron chi connectivity index (χ2n) is 9.54. The molecule has 8 nitrogen and oxygen atoms in total. The van der Waals surface area contributed by atoms with E-state index in [2.05, 4.69) is 27.5 Å². The summed E-state index contributed by atoms with van der Waals surface area (Å²) in [4.78, 5) is 28.2. The summed E-state index contributed by atoms with van der Waals surface area (Å²) in [6.07, 6.45) is 5.69. The highest BCUT2D eigenvalue weighted by Crippen LogP contribution is 2.41. The molecule has 1 N–H and O–H groups in total.